The third kappa shape index (κ3) is 2.55. The minimum absolute atomic E-state index is 0.680. The lowest BCUT2D eigenvalue weighted by atomic mass is 10.0. The number of benzene rings is 1. The third-order valence-electron chi connectivity index (χ3n) is 3.67. The normalized spacial score (nSPS) is 22.9. The van der Waals surface area contributed by atoms with Gasteiger partial charge in [0.1, 0.15) is 5.75 Å². The van der Waals surface area contributed by atoms with Crippen molar-refractivity contribution in [2.24, 2.45) is 5.92 Å². The number of aryl methyl sites for hydroxylation is 1. The molecule has 0 amide bonds. The van der Waals surface area contributed by atoms with Crippen molar-refractivity contribution in [1.82, 2.24) is 5.32 Å². The molecule has 3 heteroatoms. The van der Waals surface area contributed by atoms with Crippen molar-refractivity contribution >= 4 is 5.69 Å². The van der Waals surface area contributed by atoms with E-state index >= 15 is 0 Å². The van der Waals surface area contributed by atoms with Crippen LogP contribution in [0, 0.1) is 5.92 Å². The molecule has 0 aromatic heterocycles. The van der Waals surface area contributed by atoms with Crippen molar-refractivity contribution in [1.29, 1.82) is 0 Å². The second-order valence-electron chi connectivity index (χ2n) is 5.02. The van der Waals surface area contributed by atoms with Crippen LogP contribution < -0.4 is 15.4 Å². The number of hydrogen-bond donors (Lipinski definition) is 2. The van der Waals surface area contributed by atoms with E-state index in [0.717, 1.165) is 32.0 Å². The van der Waals surface area contributed by atoms with Gasteiger partial charge < -0.3 is 15.4 Å². The first kappa shape index (κ1) is 10.9. The average Bonchev–Trinajstić information content (AvgIpc) is 2.89. The smallest absolute Gasteiger partial charge is 0.121 e. The molecule has 1 aromatic carbocycles. The Kier molecular flexibility index (Phi) is 3.18. The minimum Gasteiger partial charge on any atom is -0.493 e. The van der Waals surface area contributed by atoms with E-state index in [-0.39, 0.29) is 0 Å². The molecule has 3 nitrogen and oxygen atoms in total. The zero-order valence-corrected chi connectivity index (χ0v) is 10.2. The van der Waals surface area contributed by atoms with Gasteiger partial charge in [-0.3, -0.25) is 0 Å². The molecule has 1 aromatic rings. The van der Waals surface area contributed by atoms with Gasteiger partial charge in [0, 0.05) is 30.8 Å². The highest BCUT2D eigenvalue weighted by molar-refractivity contribution is 5.56. The maximum atomic E-state index is 5.88. The van der Waals surface area contributed by atoms with Gasteiger partial charge in [-0.05, 0) is 37.4 Å². The molecule has 0 radical (unpaired) electrons. The van der Waals surface area contributed by atoms with E-state index in [0.29, 0.717) is 5.92 Å². The summed E-state index contributed by atoms with van der Waals surface area (Å²) < 4.78 is 5.88. The molecule has 0 aliphatic carbocycles. The van der Waals surface area contributed by atoms with Crippen LogP contribution in [0.3, 0.4) is 0 Å². The van der Waals surface area contributed by atoms with Crippen LogP contribution in [0.5, 0.6) is 5.75 Å². The summed E-state index contributed by atoms with van der Waals surface area (Å²) >= 11 is 0. The van der Waals surface area contributed by atoms with Crippen LogP contribution in [0.1, 0.15) is 18.4 Å². The van der Waals surface area contributed by atoms with Gasteiger partial charge in [0.05, 0.1) is 6.61 Å². The Hall–Kier alpha value is -1.22. The summed E-state index contributed by atoms with van der Waals surface area (Å²) in [5, 5.41) is 6.80. The summed E-state index contributed by atoms with van der Waals surface area (Å²) in [6, 6.07) is 6.45. The van der Waals surface area contributed by atoms with Gasteiger partial charge in [-0.2, -0.15) is 0 Å². The Morgan fingerprint density at radius 2 is 2.29 bits per heavy atom. The number of nitrogens with one attached hydrogen (secondary N) is 2. The summed E-state index contributed by atoms with van der Waals surface area (Å²) in [7, 11) is 0. The molecule has 1 atom stereocenters. The van der Waals surface area contributed by atoms with Crippen LogP contribution in [0.15, 0.2) is 18.2 Å². The van der Waals surface area contributed by atoms with Crippen LogP contribution in [0.25, 0.3) is 0 Å². The van der Waals surface area contributed by atoms with E-state index in [4.69, 9.17) is 4.74 Å². The average molecular weight is 232 g/mol. The molecule has 3 rings (SSSR count). The molecular weight excluding hydrogens is 212 g/mol. The zero-order chi connectivity index (χ0) is 11.5. The first-order valence-electron chi connectivity index (χ1n) is 6.62. The third-order valence-corrected chi connectivity index (χ3v) is 3.67. The van der Waals surface area contributed by atoms with Gasteiger partial charge in [0.15, 0.2) is 0 Å². The van der Waals surface area contributed by atoms with Crippen molar-refractivity contribution in [2.45, 2.75) is 19.3 Å². The Morgan fingerprint density at radius 1 is 1.29 bits per heavy atom. The van der Waals surface area contributed by atoms with E-state index in [2.05, 4.69) is 28.8 Å². The fourth-order valence-corrected chi connectivity index (χ4v) is 2.60. The van der Waals surface area contributed by atoms with Crippen LogP contribution in [-0.2, 0) is 6.42 Å². The molecule has 2 N–H and O–H groups in total. The van der Waals surface area contributed by atoms with E-state index in [1.54, 1.807) is 0 Å². The Morgan fingerprint density at radius 3 is 3.18 bits per heavy atom. The van der Waals surface area contributed by atoms with E-state index in [1.165, 1.54) is 30.5 Å². The van der Waals surface area contributed by atoms with Crippen molar-refractivity contribution in [3.63, 3.8) is 0 Å². The molecule has 1 saturated heterocycles. The largest absolute Gasteiger partial charge is 0.493 e. The second kappa shape index (κ2) is 4.96. The SMILES string of the molecule is c1cc2c(cc1OCC1CCNC1)NCCC2. The number of anilines is 1. The Bertz CT molecular complexity index is 386. The van der Waals surface area contributed by atoms with E-state index in [1.807, 2.05) is 0 Å². The fraction of sp³-hybridized carbons (Fsp3) is 0.571. The van der Waals surface area contributed by atoms with E-state index in [9.17, 15) is 0 Å². The molecule has 0 bridgehead atoms. The van der Waals surface area contributed by atoms with Gasteiger partial charge in [-0.1, -0.05) is 6.07 Å². The summed E-state index contributed by atoms with van der Waals surface area (Å²) in [5.41, 5.74) is 2.68. The second-order valence-corrected chi connectivity index (χ2v) is 5.02. The molecule has 2 heterocycles. The number of fused-ring (bicyclic) bond motifs is 1. The molecule has 1 unspecified atom stereocenters. The zero-order valence-electron chi connectivity index (χ0n) is 10.2. The van der Waals surface area contributed by atoms with Crippen molar-refractivity contribution in [3.8, 4) is 5.75 Å². The van der Waals surface area contributed by atoms with Gasteiger partial charge in [0.25, 0.3) is 0 Å². The van der Waals surface area contributed by atoms with Gasteiger partial charge in [-0.25, -0.2) is 0 Å². The van der Waals surface area contributed by atoms with Crippen LogP contribution >= 0.6 is 0 Å². The summed E-state index contributed by atoms with van der Waals surface area (Å²) in [6.45, 7) is 4.16. The summed E-state index contributed by atoms with van der Waals surface area (Å²) in [4.78, 5) is 0. The van der Waals surface area contributed by atoms with Crippen LogP contribution in [0.2, 0.25) is 0 Å². The summed E-state index contributed by atoms with van der Waals surface area (Å²) in [6.07, 6.45) is 3.67. The van der Waals surface area contributed by atoms with Gasteiger partial charge in [-0.15, -0.1) is 0 Å². The van der Waals surface area contributed by atoms with Crippen LogP contribution in [0.4, 0.5) is 5.69 Å². The predicted molar refractivity (Wildman–Crippen MR) is 69.7 cm³/mol. The molecule has 2 aliphatic heterocycles. The maximum Gasteiger partial charge on any atom is 0.121 e. The lowest BCUT2D eigenvalue weighted by molar-refractivity contribution is 0.260. The fourth-order valence-electron chi connectivity index (χ4n) is 2.60. The molecule has 2 aliphatic rings. The van der Waals surface area contributed by atoms with Crippen molar-refractivity contribution < 1.29 is 4.74 Å². The first-order valence-corrected chi connectivity index (χ1v) is 6.62. The highest BCUT2D eigenvalue weighted by Gasteiger charge is 2.15. The van der Waals surface area contributed by atoms with Crippen molar-refractivity contribution in [2.75, 3.05) is 31.6 Å². The van der Waals surface area contributed by atoms with Crippen molar-refractivity contribution in [3.05, 3.63) is 23.8 Å². The monoisotopic (exact) mass is 232 g/mol. The maximum absolute atomic E-state index is 5.88. The molecular formula is C14H20N2O. The lowest BCUT2D eigenvalue weighted by Crippen LogP contribution is -2.16. The number of rotatable bonds is 3. The van der Waals surface area contributed by atoms with Crippen LogP contribution in [-0.4, -0.2) is 26.2 Å². The minimum atomic E-state index is 0.680. The highest BCUT2D eigenvalue weighted by atomic mass is 16.5. The Balaban J connectivity index is 1.62. The molecule has 0 saturated carbocycles. The number of hydrogen-bond acceptors (Lipinski definition) is 3. The quantitative estimate of drug-likeness (QED) is 0.836. The standard InChI is InChI=1S/C14H20N2O/c1-2-12-3-4-13(8-14(12)16-6-1)17-10-11-5-7-15-9-11/h3-4,8,11,15-16H,1-2,5-7,9-10H2. The summed E-state index contributed by atoms with van der Waals surface area (Å²) in [5.74, 6) is 1.68. The number of ether oxygens (including phenoxy) is 1. The first-order chi connectivity index (χ1) is 8.42. The molecule has 17 heavy (non-hydrogen) atoms. The topological polar surface area (TPSA) is 33.3 Å². The van der Waals surface area contributed by atoms with Gasteiger partial charge >= 0.3 is 0 Å². The molecule has 92 valence electrons. The van der Waals surface area contributed by atoms with Gasteiger partial charge in [0.2, 0.25) is 0 Å². The molecule has 1 fully saturated rings. The lowest BCUT2D eigenvalue weighted by Gasteiger charge is -2.19. The highest BCUT2D eigenvalue weighted by Crippen LogP contribution is 2.27. The van der Waals surface area contributed by atoms with E-state index < -0.39 is 0 Å². The Labute approximate surface area is 103 Å². The predicted octanol–water partition coefficient (Wildman–Crippen LogP) is 2.03. The molecule has 0 spiro atoms.